The van der Waals surface area contributed by atoms with Crippen LogP contribution in [-0.4, -0.2) is 48.8 Å². The molecule has 0 aromatic heterocycles. The van der Waals surface area contributed by atoms with Crippen LogP contribution in [0.25, 0.3) is 0 Å². The van der Waals surface area contributed by atoms with Crippen LogP contribution in [0.2, 0.25) is 0 Å². The predicted octanol–water partition coefficient (Wildman–Crippen LogP) is 0.778. The van der Waals surface area contributed by atoms with Gasteiger partial charge in [-0.15, -0.1) is 12.4 Å². The topological polar surface area (TPSA) is 105 Å². The molecule has 0 heterocycles. The molecule has 1 aromatic rings. The molecule has 26 heavy (non-hydrogen) atoms. The molecular weight excluding hydrogens is 377 g/mol. The largest absolute Gasteiger partial charge is 0.346 e. The molecule has 0 spiro atoms. The van der Waals surface area contributed by atoms with E-state index in [1.165, 1.54) is 0 Å². The molecule has 0 aliphatic carbocycles. The second-order valence-electron chi connectivity index (χ2n) is 5.07. The number of nitrogens with one attached hydrogen (secondary N) is 2. The van der Waals surface area contributed by atoms with Crippen molar-refractivity contribution in [1.82, 2.24) is 10.2 Å². The second kappa shape index (κ2) is 11.3. The molecule has 0 bridgehead atoms. The smallest absolute Gasteiger partial charge is 0.244 e. The quantitative estimate of drug-likeness (QED) is 0.565. The van der Waals surface area contributed by atoms with Gasteiger partial charge in [0.05, 0.1) is 25.3 Å². The Labute approximate surface area is 154 Å². The van der Waals surface area contributed by atoms with E-state index in [1.54, 1.807) is 6.92 Å². The first kappa shape index (κ1) is 23.7. The molecule has 4 N–H and O–H groups in total. The molecule has 146 valence electrons. The average molecular weight is 397 g/mol. The third-order valence-corrected chi connectivity index (χ3v) is 3.11. The molecule has 7 nitrogen and oxygen atoms in total. The molecule has 3 amide bonds. The van der Waals surface area contributed by atoms with Gasteiger partial charge in [-0.3, -0.25) is 14.4 Å². The van der Waals surface area contributed by atoms with Gasteiger partial charge in [-0.05, 0) is 18.6 Å². The molecule has 0 atom stereocenters. The summed E-state index contributed by atoms with van der Waals surface area (Å²) in [7, 11) is 0. The Hall–Kier alpha value is -2.33. The standard InChI is InChI=1S/C15H19F3N4O3.ClH/c1-2-5-22(13(25)7-20-11(23)6-19)8-12(24)21-10-4-3-9(16)14(17)15(10)18;/h3-4H,2,5-8,19H2,1H3,(H,20,23)(H,21,24);1H. The van der Waals surface area contributed by atoms with Gasteiger partial charge in [-0.2, -0.15) is 0 Å². The zero-order valence-corrected chi connectivity index (χ0v) is 14.8. The molecule has 1 rings (SSSR count). The van der Waals surface area contributed by atoms with Crippen LogP contribution in [0, 0.1) is 17.5 Å². The molecule has 0 fully saturated rings. The zero-order chi connectivity index (χ0) is 19.0. The number of benzene rings is 1. The van der Waals surface area contributed by atoms with Gasteiger partial charge < -0.3 is 21.3 Å². The lowest BCUT2D eigenvalue weighted by molar-refractivity contribution is -0.135. The minimum Gasteiger partial charge on any atom is -0.346 e. The highest BCUT2D eigenvalue weighted by molar-refractivity contribution is 5.95. The van der Waals surface area contributed by atoms with E-state index in [0.29, 0.717) is 12.5 Å². The van der Waals surface area contributed by atoms with E-state index >= 15 is 0 Å². The van der Waals surface area contributed by atoms with Gasteiger partial charge in [0, 0.05) is 6.54 Å². The number of hydrogen-bond acceptors (Lipinski definition) is 4. The third-order valence-electron chi connectivity index (χ3n) is 3.11. The molecule has 0 aliphatic rings. The summed E-state index contributed by atoms with van der Waals surface area (Å²) in [5.41, 5.74) is 4.57. The van der Waals surface area contributed by atoms with E-state index < -0.39 is 47.4 Å². The molecule has 1 aromatic carbocycles. The van der Waals surface area contributed by atoms with Gasteiger partial charge in [-0.1, -0.05) is 6.92 Å². The average Bonchev–Trinajstić information content (AvgIpc) is 2.59. The van der Waals surface area contributed by atoms with Crippen molar-refractivity contribution in [1.29, 1.82) is 0 Å². The first-order valence-electron chi connectivity index (χ1n) is 7.48. The van der Waals surface area contributed by atoms with E-state index in [-0.39, 0.29) is 32.0 Å². The van der Waals surface area contributed by atoms with Crippen LogP contribution in [0.4, 0.5) is 18.9 Å². The van der Waals surface area contributed by atoms with Gasteiger partial charge in [0.1, 0.15) is 0 Å². The highest BCUT2D eigenvalue weighted by Crippen LogP contribution is 2.19. The van der Waals surface area contributed by atoms with Gasteiger partial charge in [0.2, 0.25) is 17.7 Å². The predicted molar refractivity (Wildman–Crippen MR) is 91.1 cm³/mol. The number of carbonyl (C=O) groups excluding carboxylic acids is 3. The first-order valence-corrected chi connectivity index (χ1v) is 7.48. The Morgan fingerprint density at radius 2 is 1.77 bits per heavy atom. The van der Waals surface area contributed by atoms with Crippen molar-refractivity contribution >= 4 is 35.8 Å². The Kier molecular flexibility index (Phi) is 10.3. The van der Waals surface area contributed by atoms with E-state index in [2.05, 4.69) is 10.6 Å². The number of amides is 3. The third kappa shape index (κ3) is 6.89. The van der Waals surface area contributed by atoms with Crippen molar-refractivity contribution in [2.24, 2.45) is 5.73 Å². The van der Waals surface area contributed by atoms with Crippen molar-refractivity contribution in [3.05, 3.63) is 29.6 Å². The fraction of sp³-hybridized carbons (Fsp3) is 0.400. The fourth-order valence-electron chi connectivity index (χ4n) is 1.91. The van der Waals surface area contributed by atoms with Crippen LogP contribution in [0.3, 0.4) is 0 Å². The summed E-state index contributed by atoms with van der Waals surface area (Å²) in [5, 5.41) is 4.35. The fourth-order valence-corrected chi connectivity index (χ4v) is 1.91. The summed E-state index contributed by atoms with van der Waals surface area (Å²) >= 11 is 0. The maximum absolute atomic E-state index is 13.5. The summed E-state index contributed by atoms with van der Waals surface area (Å²) in [6, 6.07) is 1.55. The van der Waals surface area contributed by atoms with E-state index in [0.717, 1.165) is 11.0 Å². The number of rotatable bonds is 8. The van der Waals surface area contributed by atoms with Crippen LogP contribution in [0.15, 0.2) is 12.1 Å². The minimum atomic E-state index is -1.70. The minimum absolute atomic E-state index is 0. The van der Waals surface area contributed by atoms with Gasteiger partial charge in [-0.25, -0.2) is 13.2 Å². The second-order valence-corrected chi connectivity index (χ2v) is 5.07. The van der Waals surface area contributed by atoms with Crippen LogP contribution >= 0.6 is 12.4 Å². The van der Waals surface area contributed by atoms with Crippen LogP contribution < -0.4 is 16.4 Å². The molecule has 11 heteroatoms. The van der Waals surface area contributed by atoms with Crippen molar-refractivity contribution in [3.8, 4) is 0 Å². The molecule has 0 unspecified atom stereocenters. The molecule has 0 aliphatic heterocycles. The lowest BCUT2D eigenvalue weighted by Gasteiger charge is -2.22. The van der Waals surface area contributed by atoms with E-state index in [4.69, 9.17) is 5.73 Å². The number of nitrogens with zero attached hydrogens (tertiary/aromatic N) is 1. The van der Waals surface area contributed by atoms with E-state index in [9.17, 15) is 27.6 Å². The van der Waals surface area contributed by atoms with Crippen molar-refractivity contribution in [2.75, 3.05) is 31.5 Å². The maximum atomic E-state index is 13.5. The summed E-state index contributed by atoms with van der Waals surface area (Å²) in [6.45, 7) is 0.917. The van der Waals surface area contributed by atoms with Crippen LogP contribution in [-0.2, 0) is 14.4 Å². The monoisotopic (exact) mass is 396 g/mol. The lowest BCUT2D eigenvalue weighted by Crippen LogP contribution is -2.45. The lowest BCUT2D eigenvalue weighted by atomic mass is 10.2. The number of nitrogens with two attached hydrogens (primary N) is 1. The normalized spacial score (nSPS) is 9.88. The van der Waals surface area contributed by atoms with Crippen LogP contribution in [0.1, 0.15) is 13.3 Å². The number of halogens is 4. The molecule has 0 radical (unpaired) electrons. The molecular formula is C15H20ClF3N4O3. The Bertz CT molecular complexity index is 661. The SMILES string of the molecule is CCCN(CC(=O)Nc1ccc(F)c(F)c1F)C(=O)CNC(=O)CN.Cl. The van der Waals surface area contributed by atoms with Gasteiger partial charge >= 0.3 is 0 Å². The Balaban J connectivity index is 0.00000625. The first-order chi connectivity index (χ1) is 11.8. The Morgan fingerprint density at radius 3 is 2.35 bits per heavy atom. The van der Waals surface area contributed by atoms with Crippen LogP contribution in [0.5, 0.6) is 0 Å². The molecule has 0 saturated carbocycles. The zero-order valence-electron chi connectivity index (χ0n) is 14.0. The van der Waals surface area contributed by atoms with Crippen molar-refractivity contribution in [2.45, 2.75) is 13.3 Å². The highest BCUT2D eigenvalue weighted by atomic mass is 35.5. The van der Waals surface area contributed by atoms with Gasteiger partial charge in [0.25, 0.3) is 0 Å². The summed E-state index contributed by atoms with van der Waals surface area (Å²) in [6.07, 6.45) is 0.531. The van der Waals surface area contributed by atoms with E-state index in [1.807, 2.05) is 0 Å². The number of hydrogen-bond donors (Lipinski definition) is 3. The summed E-state index contributed by atoms with van der Waals surface area (Å²) in [4.78, 5) is 36.2. The highest BCUT2D eigenvalue weighted by Gasteiger charge is 2.19. The number of carbonyl (C=O) groups is 3. The van der Waals surface area contributed by atoms with Crippen molar-refractivity contribution in [3.63, 3.8) is 0 Å². The van der Waals surface area contributed by atoms with Crippen molar-refractivity contribution < 1.29 is 27.6 Å². The maximum Gasteiger partial charge on any atom is 0.244 e. The summed E-state index contributed by atoms with van der Waals surface area (Å²) in [5.74, 6) is -6.48. The number of anilines is 1. The molecule has 0 saturated heterocycles. The Morgan fingerprint density at radius 1 is 1.12 bits per heavy atom. The summed E-state index contributed by atoms with van der Waals surface area (Å²) < 4.78 is 39.6. The van der Waals surface area contributed by atoms with Gasteiger partial charge in [0.15, 0.2) is 17.5 Å².